The van der Waals surface area contributed by atoms with Gasteiger partial charge in [-0.1, -0.05) is 0 Å². The van der Waals surface area contributed by atoms with Crippen molar-refractivity contribution in [2.24, 2.45) is 0 Å². The highest BCUT2D eigenvalue weighted by molar-refractivity contribution is 5.93. The molecule has 1 amide bonds. The topological polar surface area (TPSA) is 117 Å². The Kier molecular flexibility index (Phi) is 6.64. The van der Waals surface area contributed by atoms with E-state index in [-0.39, 0.29) is 5.69 Å². The molecule has 0 heterocycles. The summed E-state index contributed by atoms with van der Waals surface area (Å²) in [6.45, 7) is -1.04. The summed E-state index contributed by atoms with van der Waals surface area (Å²) in [7, 11) is 1.52. The van der Waals surface area contributed by atoms with Gasteiger partial charge in [0.25, 0.3) is 5.91 Å². The summed E-state index contributed by atoms with van der Waals surface area (Å²) in [6, 6.07) is 9.35. The lowest BCUT2D eigenvalue weighted by Crippen LogP contribution is -2.23. The van der Waals surface area contributed by atoms with Crippen molar-refractivity contribution >= 4 is 23.3 Å². The number of benzene rings is 2. The van der Waals surface area contributed by atoms with Gasteiger partial charge in [-0.25, -0.2) is 4.79 Å². The molecule has 0 aliphatic carbocycles. The van der Waals surface area contributed by atoms with Crippen LogP contribution in [0.1, 0.15) is 0 Å². The third-order valence-corrected chi connectivity index (χ3v) is 3.21. The van der Waals surface area contributed by atoms with Gasteiger partial charge in [0.2, 0.25) is 5.82 Å². The monoisotopic (exact) mass is 378 g/mol. The van der Waals surface area contributed by atoms with Gasteiger partial charge in [-0.15, -0.1) is 0 Å². The number of hydrogen-bond donors (Lipinski definition) is 1. The normalized spacial score (nSPS) is 10.0. The maximum Gasteiger partial charge on any atom is 0.344 e. The van der Waals surface area contributed by atoms with Crippen molar-refractivity contribution in [3.63, 3.8) is 0 Å². The van der Waals surface area contributed by atoms with Gasteiger partial charge < -0.3 is 19.5 Å². The minimum absolute atomic E-state index is 0.00127. The van der Waals surface area contributed by atoms with E-state index in [1.165, 1.54) is 7.11 Å². The summed E-state index contributed by atoms with van der Waals surface area (Å²) in [5.41, 5.74) is -0.781. The molecule has 0 bridgehead atoms. The largest absolute Gasteiger partial charge is 0.497 e. The fourth-order valence-corrected chi connectivity index (χ4v) is 1.93. The van der Waals surface area contributed by atoms with E-state index in [0.29, 0.717) is 11.5 Å². The summed E-state index contributed by atoms with van der Waals surface area (Å²) in [6.07, 6.45) is 0. The first-order chi connectivity index (χ1) is 12.9. The highest BCUT2D eigenvalue weighted by Crippen LogP contribution is 2.21. The Hall–Kier alpha value is -3.69. The Morgan fingerprint density at radius 3 is 2.41 bits per heavy atom. The Labute approximate surface area is 152 Å². The second-order valence-electron chi connectivity index (χ2n) is 5.10. The molecule has 2 aromatic rings. The molecule has 27 heavy (non-hydrogen) atoms. The molecule has 0 aromatic heterocycles. The van der Waals surface area contributed by atoms with Gasteiger partial charge in [0.05, 0.1) is 12.0 Å². The number of nitro groups is 1. The first-order valence-electron chi connectivity index (χ1n) is 7.55. The number of carbonyl (C=O) groups is 2. The Morgan fingerprint density at radius 2 is 1.78 bits per heavy atom. The van der Waals surface area contributed by atoms with E-state index in [4.69, 9.17) is 14.2 Å². The number of carbonyl (C=O) groups excluding carboxylic acids is 2. The van der Waals surface area contributed by atoms with E-state index in [1.54, 1.807) is 24.3 Å². The van der Waals surface area contributed by atoms with Gasteiger partial charge in [0, 0.05) is 11.8 Å². The number of rotatable bonds is 8. The average Bonchev–Trinajstić information content (AvgIpc) is 2.66. The maximum absolute atomic E-state index is 13.2. The number of methoxy groups -OCH3 is 1. The van der Waals surface area contributed by atoms with E-state index in [1.807, 2.05) is 0 Å². The van der Waals surface area contributed by atoms with Crippen LogP contribution in [0, 0.1) is 15.9 Å². The van der Waals surface area contributed by atoms with Gasteiger partial charge in [-0.3, -0.25) is 14.9 Å². The van der Waals surface area contributed by atoms with Crippen LogP contribution >= 0.6 is 0 Å². The Balaban J connectivity index is 1.78. The number of amides is 1. The van der Waals surface area contributed by atoms with E-state index in [2.05, 4.69) is 5.32 Å². The number of esters is 1. The molecule has 0 saturated carbocycles. The van der Waals surface area contributed by atoms with E-state index >= 15 is 0 Å². The molecule has 0 aliphatic rings. The molecular weight excluding hydrogens is 363 g/mol. The second-order valence-corrected chi connectivity index (χ2v) is 5.10. The third kappa shape index (κ3) is 5.96. The number of nitrogens with zero attached hydrogens (tertiary/aromatic N) is 1. The number of hydrogen-bond acceptors (Lipinski definition) is 7. The predicted octanol–water partition coefficient (Wildman–Crippen LogP) is 2.30. The minimum Gasteiger partial charge on any atom is -0.497 e. The fraction of sp³-hybridized carbons (Fsp3) is 0.176. The van der Waals surface area contributed by atoms with Gasteiger partial charge in [0.15, 0.2) is 13.2 Å². The Bertz CT molecular complexity index is 840. The van der Waals surface area contributed by atoms with Gasteiger partial charge in [0.1, 0.15) is 11.5 Å². The van der Waals surface area contributed by atoms with E-state index < -0.39 is 41.5 Å². The van der Waals surface area contributed by atoms with Crippen LogP contribution in [0.5, 0.6) is 11.5 Å². The summed E-state index contributed by atoms with van der Waals surface area (Å²) in [5, 5.41) is 12.9. The van der Waals surface area contributed by atoms with Crippen molar-refractivity contribution in [1.82, 2.24) is 0 Å². The van der Waals surface area contributed by atoms with Crippen LogP contribution < -0.4 is 14.8 Å². The zero-order chi connectivity index (χ0) is 19.8. The molecule has 9 nitrogen and oxygen atoms in total. The maximum atomic E-state index is 13.2. The van der Waals surface area contributed by atoms with Crippen molar-refractivity contribution in [1.29, 1.82) is 0 Å². The molecule has 0 unspecified atom stereocenters. The molecule has 142 valence electrons. The molecular formula is C17H15FN2O7. The number of anilines is 1. The van der Waals surface area contributed by atoms with Crippen LogP contribution in [-0.4, -0.2) is 37.1 Å². The number of ether oxygens (including phenoxy) is 3. The molecule has 10 heteroatoms. The lowest BCUT2D eigenvalue weighted by molar-refractivity contribution is -0.387. The van der Waals surface area contributed by atoms with Crippen molar-refractivity contribution in [2.45, 2.75) is 0 Å². The Morgan fingerprint density at radius 1 is 1.11 bits per heavy atom. The summed E-state index contributed by atoms with van der Waals surface area (Å²) in [5.74, 6) is -1.52. The third-order valence-electron chi connectivity index (χ3n) is 3.21. The average molecular weight is 378 g/mol. The van der Waals surface area contributed by atoms with E-state index in [0.717, 1.165) is 18.2 Å². The first-order valence-corrected chi connectivity index (χ1v) is 7.55. The van der Waals surface area contributed by atoms with Crippen molar-refractivity contribution in [3.8, 4) is 11.5 Å². The van der Waals surface area contributed by atoms with E-state index in [9.17, 15) is 24.1 Å². The quantitative estimate of drug-likeness (QED) is 0.425. The van der Waals surface area contributed by atoms with Crippen LogP contribution in [-0.2, 0) is 14.3 Å². The molecule has 0 fully saturated rings. The van der Waals surface area contributed by atoms with Gasteiger partial charge in [-0.2, -0.15) is 4.39 Å². The van der Waals surface area contributed by atoms with Crippen LogP contribution in [0.15, 0.2) is 42.5 Å². The molecule has 2 aromatic carbocycles. The lowest BCUT2D eigenvalue weighted by Gasteiger charge is -2.08. The predicted molar refractivity (Wildman–Crippen MR) is 91.1 cm³/mol. The highest BCUT2D eigenvalue weighted by Gasteiger charge is 2.16. The lowest BCUT2D eigenvalue weighted by atomic mass is 10.2. The van der Waals surface area contributed by atoms with Crippen molar-refractivity contribution < 1.29 is 33.1 Å². The van der Waals surface area contributed by atoms with Crippen molar-refractivity contribution in [2.75, 3.05) is 25.6 Å². The molecule has 1 N–H and O–H groups in total. The zero-order valence-electron chi connectivity index (χ0n) is 14.1. The molecule has 0 radical (unpaired) electrons. The number of nitro benzene ring substituents is 1. The smallest absolute Gasteiger partial charge is 0.344 e. The van der Waals surface area contributed by atoms with Gasteiger partial charge >= 0.3 is 11.7 Å². The first kappa shape index (κ1) is 19.6. The van der Waals surface area contributed by atoms with Crippen LogP contribution in [0.4, 0.5) is 15.8 Å². The minimum atomic E-state index is -1.03. The second kappa shape index (κ2) is 9.13. The van der Waals surface area contributed by atoms with Crippen LogP contribution in [0.25, 0.3) is 0 Å². The fourth-order valence-electron chi connectivity index (χ4n) is 1.93. The summed E-state index contributed by atoms with van der Waals surface area (Å²) < 4.78 is 28.2. The SMILES string of the molecule is COc1ccc(OCC(=O)OCC(=O)Nc2ccc(F)c([N+](=O)[O-])c2)cc1. The van der Waals surface area contributed by atoms with Gasteiger partial charge in [-0.05, 0) is 36.4 Å². The summed E-state index contributed by atoms with van der Waals surface area (Å²) >= 11 is 0. The highest BCUT2D eigenvalue weighted by atomic mass is 19.1. The standard InChI is InChI=1S/C17H15FN2O7/c1-25-12-3-5-13(6-4-12)26-10-17(22)27-9-16(21)19-11-2-7-14(18)15(8-11)20(23)24/h2-8H,9-10H2,1H3,(H,19,21). The summed E-state index contributed by atoms with van der Waals surface area (Å²) in [4.78, 5) is 33.1. The molecule has 0 spiro atoms. The van der Waals surface area contributed by atoms with Crippen LogP contribution in [0.2, 0.25) is 0 Å². The zero-order valence-corrected chi connectivity index (χ0v) is 14.1. The van der Waals surface area contributed by atoms with Crippen LogP contribution in [0.3, 0.4) is 0 Å². The number of halogens is 1. The van der Waals surface area contributed by atoms with Crippen molar-refractivity contribution in [3.05, 3.63) is 58.4 Å². The molecule has 0 atom stereocenters. The molecule has 0 saturated heterocycles. The molecule has 2 rings (SSSR count). The molecule has 0 aliphatic heterocycles. The number of nitrogens with one attached hydrogen (secondary N) is 1.